The average molecular weight is 331 g/mol. The number of nitrogens with one attached hydrogen (secondary N) is 1. The summed E-state index contributed by atoms with van der Waals surface area (Å²) >= 11 is 0. The number of piperidine rings is 1. The summed E-state index contributed by atoms with van der Waals surface area (Å²) in [6, 6.07) is 6.67. The SMILES string of the molecule is CCc1nc(C(=O)N2CCCC(NC)C2)nn1-c1ccccc1F. The van der Waals surface area contributed by atoms with E-state index in [1.54, 1.807) is 23.1 Å². The molecule has 0 aliphatic carbocycles. The lowest BCUT2D eigenvalue weighted by Crippen LogP contribution is -2.47. The van der Waals surface area contributed by atoms with Gasteiger partial charge in [-0.15, -0.1) is 5.10 Å². The molecule has 1 saturated heterocycles. The molecule has 3 rings (SSSR count). The van der Waals surface area contributed by atoms with E-state index in [1.165, 1.54) is 10.7 Å². The van der Waals surface area contributed by atoms with E-state index in [9.17, 15) is 9.18 Å². The number of aromatic nitrogens is 3. The number of para-hydroxylation sites is 1. The zero-order valence-corrected chi connectivity index (χ0v) is 14.0. The first-order valence-corrected chi connectivity index (χ1v) is 8.31. The van der Waals surface area contributed by atoms with Crippen LogP contribution in [-0.2, 0) is 6.42 Å². The maximum absolute atomic E-state index is 14.1. The number of hydrogen-bond acceptors (Lipinski definition) is 4. The Labute approximate surface area is 140 Å². The number of nitrogens with zero attached hydrogens (tertiary/aromatic N) is 4. The molecule has 7 heteroatoms. The van der Waals surface area contributed by atoms with Gasteiger partial charge in [0.25, 0.3) is 5.91 Å². The second-order valence-electron chi connectivity index (χ2n) is 5.95. The average Bonchev–Trinajstić information content (AvgIpc) is 3.05. The van der Waals surface area contributed by atoms with Crippen molar-refractivity contribution in [2.24, 2.45) is 0 Å². The molecule has 1 amide bonds. The third-order valence-electron chi connectivity index (χ3n) is 4.38. The number of likely N-dealkylation sites (tertiary alicyclic amines) is 1. The summed E-state index contributed by atoms with van der Waals surface area (Å²) in [6.07, 6.45) is 2.57. The van der Waals surface area contributed by atoms with Crippen molar-refractivity contribution in [1.29, 1.82) is 0 Å². The molecule has 0 radical (unpaired) electrons. The Balaban J connectivity index is 1.90. The van der Waals surface area contributed by atoms with Gasteiger partial charge in [0.05, 0.1) is 0 Å². The van der Waals surface area contributed by atoms with E-state index in [0.29, 0.717) is 37.1 Å². The number of halogens is 1. The van der Waals surface area contributed by atoms with Crippen molar-refractivity contribution in [2.45, 2.75) is 32.2 Å². The van der Waals surface area contributed by atoms with E-state index >= 15 is 0 Å². The molecule has 0 spiro atoms. The summed E-state index contributed by atoms with van der Waals surface area (Å²) in [5.41, 5.74) is 0.313. The zero-order valence-electron chi connectivity index (χ0n) is 14.0. The number of benzene rings is 1. The largest absolute Gasteiger partial charge is 0.334 e. The van der Waals surface area contributed by atoms with Gasteiger partial charge in [-0.1, -0.05) is 19.1 Å². The van der Waals surface area contributed by atoms with Crippen LogP contribution in [0.2, 0.25) is 0 Å². The Hall–Kier alpha value is -2.28. The van der Waals surface area contributed by atoms with Gasteiger partial charge in [0.15, 0.2) is 0 Å². The second-order valence-corrected chi connectivity index (χ2v) is 5.95. The Morgan fingerprint density at radius 3 is 2.92 bits per heavy atom. The minimum absolute atomic E-state index is 0.131. The van der Waals surface area contributed by atoms with Gasteiger partial charge in [0.2, 0.25) is 5.82 Å². The summed E-state index contributed by atoms with van der Waals surface area (Å²) in [5.74, 6) is 0.126. The molecule has 24 heavy (non-hydrogen) atoms. The molecule has 1 atom stereocenters. The molecule has 1 aliphatic rings. The summed E-state index contributed by atoms with van der Waals surface area (Å²) in [5, 5.41) is 7.50. The number of carbonyl (C=O) groups is 1. The van der Waals surface area contributed by atoms with E-state index in [0.717, 1.165) is 12.8 Å². The van der Waals surface area contributed by atoms with Gasteiger partial charge in [0, 0.05) is 25.6 Å². The Bertz CT molecular complexity index is 730. The normalized spacial score (nSPS) is 18.0. The fourth-order valence-corrected chi connectivity index (χ4v) is 3.02. The molecule has 0 bridgehead atoms. The molecule has 1 aromatic carbocycles. The van der Waals surface area contributed by atoms with Crippen LogP contribution in [0.1, 0.15) is 36.2 Å². The molecule has 1 unspecified atom stereocenters. The third-order valence-corrected chi connectivity index (χ3v) is 4.38. The predicted octanol–water partition coefficient (Wildman–Crippen LogP) is 1.79. The van der Waals surface area contributed by atoms with Crippen molar-refractivity contribution in [3.05, 3.63) is 41.7 Å². The van der Waals surface area contributed by atoms with Gasteiger partial charge >= 0.3 is 0 Å². The van der Waals surface area contributed by atoms with Crippen molar-refractivity contribution >= 4 is 5.91 Å². The maximum atomic E-state index is 14.1. The molecule has 0 saturated carbocycles. The topological polar surface area (TPSA) is 63.1 Å². The molecule has 1 aromatic heterocycles. The lowest BCUT2D eigenvalue weighted by Gasteiger charge is -2.31. The highest BCUT2D eigenvalue weighted by Gasteiger charge is 2.27. The zero-order chi connectivity index (χ0) is 17.1. The minimum atomic E-state index is -0.385. The van der Waals surface area contributed by atoms with Gasteiger partial charge in [-0.3, -0.25) is 4.79 Å². The quantitative estimate of drug-likeness (QED) is 0.928. The number of carbonyl (C=O) groups excluding carboxylic acids is 1. The summed E-state index contributed by atoms with van der Waals surface area (Å²) in [6.45, 7) is 3.26. The molecule has 6 nitrogen and oxygen atoms in total. The number of rotatable bonds is 4. The Kier molecular flexibility index (Phi) is 4.89. The van der Waals surface area contributed by atoms with E-state index in [2.05, 4.69) is 15.4 Å². The highest BCUT2D eigenvalue weighted by atomic mass is 19.1. The minimum Gasteiger partial charge on any atom is -0.334 e. The van der Waals surface area contributed by atoms with Gasteiger partial charge in [-0.25, -0.2) is 14.1 Å². The molecule has 2 heterocycles. The highest BCUT2D eigenvalue weighted by molar-refractivity contribution is 5.90. The van der Waals surface area contributed by atoms with Crippen LogP contribution in [0.3, 0.4) is 0 Å². The first-order valence-electron chi connectivity index (χ1n) is 8.31. The van der Waals surface area contributed by atoms with Crippen LogP contribution in [-0.4, -0.2) is 51.8 Å². The van der Waals surface area contributed by atoms with E-state index in [4.69, 9.17) is 0 Å². The number of likely N-dealkylation sites (N-methyl/N-ethyl adjacent to an activating group) is 1. The second kappa shape index (κ2) is 7.09. The lowest BCUT2D eigenvalue weighted by atomic mass is 10.1. The predicted molar refractivity (Wildman–Crippen MR) is 88.7 cm³/mol. The third kappa shape index (κ3) is 3.17. The highest BCUT2D eigenvalue weighted by Crippen LogP contribution is 2.17. The van der Waals surface area contributed by atoms with Crippen LogP contribution in [0.4, 0.5) is 4.39 Å². The first kappa shape index (κ1) is 16.6. The monoisotopic (exact) mass is 331 g/mol. The fourth-order valence-electron chi connectivity index (χ4n) is 3.02. The lowest BCUT2D eigenvalue weighted by molar-refractivity contribution is 0.0686. The van der Waals surface area contributed by atoms with Crippen molar-refractivity contribution in [3.63, 3.8) is 0 Å². The fraction of sp³-hybridized carbons (Fsp3) is 0.471. The summed E-state index contributed by atoms with van der Waals surface area (Å²) in [7, 11) is 1.90. The van der Waals surface area contributed by atoms with Gasteiger partial charge in [-0.05, 0) is 32.0 Å². The molecular weight excluding hydrogens is 309 g/mol. The smallest absolute Gasteiger partial charge is 0.293 e. The van der Waals surface area contributed by atoms with Crippen LogP contribution < -0.4 is 5.32 Å². The van der Waals surface area contributed by atoms with Crippen LogP contribution in [0, 0.1) is 5.82 Å². The molecule has 1 fully saturated rings. The van der Waals surface area contributed by atoms with Crippen molar-refractivity contribution in [3.8, 4) is 5.69 Å². The van der Waals surface area contributed by atoms with Crippen molar-refractivity contribution in [1.82, 2.24) is 25.0 Å². The number of aryl methyl sites for hydroxylation is 1. The number of hydrogen-bond donors (Lipinski definition) is 1. The van der Waals surface area contributed by atoms with Crippen LogP contribution in [0.25, 0.3) is 5.69 Å². The van der Waals surface area contributed by atoms with Gasteiger partial charge < -0.3 is 10.2 Å². The molecule has 2 aromatic rings. The standard InChI is InChI=1S/C17H22FN5O/c1-3-15-20-16(17(24)22-10-6-7-12(11-22)19-2)21-23(15)14-9-5-4-8-13(14)18/h4-5,8-9,12,19H,3,6-7,10-11H2,1-2H3. The van der Waals surface area contributed by atoms with Crippen LogP contribution in [0.5, 0.6) is 0 Å². The number of amides is 1. The molecule has 1 aliphatic heterocycles. The van der Waals surface area contributed by atoms with Gasteiger partial charge in [-0.2, -0.15) is 0 Å². The van der Waals surface area contributed by atoms with Gasteiger partial charge in [0.1, 0.15) is 17.3 Å². The van der Waals surface area contributed by atoms with E-state index in [-0.39, 0.29) is 17.5 Å². The van der Waals surface area contributed by atoms with Crippen LogP contribution >= 0.6 is 0 Å². The molecule has 1 N–H and O–H groups in total. The van der Waals surface area contributed by atoms with Crippen molar-refractivity contribution < 1.29 is 9.18 Å². The first-order chi connectivity index (χ1) is 11.6. The molecule has 128 valence electrons. The van der Waals surface area contributed by atoms with Crippen molar-refractivity contribution in [2.75, 3.05) is 20.1 Å². The Morgan fingerprint density at radius 2 is 2.21 bits per heavy atom. The Morgan fingerprint density at radius 1 is 1.42 bits per heavy atom. The maximum Gasteiger partial charge on any atom is 0.293 e. The van der Waals surface area contributed by atoms with Crippen LogP contribution in [0.15, 0.2) is 24.3 Å². The summed E-state index contributed by atoms with van der Waals surface area (Å²) in [4.78, 5) is 18.8. The van der Waals surface area contributed by atoms with E-state index in [1.807, 2.05) is 14.0 Å². The summed E-state index contributed by atoms with van der Waals surface area (Å²) < 4.78 is 15.5. The molecular formula is C17H22FN5O. The van der Waals surface area contributed by atoms with E-state index < -0.39 is 0 Å².